The van der Waals surface area contributed by atoms with E-state index in [2.05, 4.69) is 0 Å². The topological polar surface area (TPSA) is 46.6 Å². The number of carbonyl (C=O) groups is 1. The van der Waals surface area contributed by atoms with Crippen LogP contribution in [0.2, 0.25) is 0 Å². The highest BCUT2D eigenvalue weighted by atomic mass is 35.7. The molecule has 106 valence electrons. The third-order valence-corrected chi connectivity index (χ3v) is 3.76. The second-order valence-corrected chi connectivity index (χ2v) is 7.45. The second-order valence-electron chi connectivity index (χ2n) is 5.55. The van der Waals surface area contributed by atoms with Gasteiger partial charge in [0.1, 0.15) is 21.3 Å². The quantitative estimate of drug-likeness (QED) is 0.736. The van der Waals surface area contributed by atoms with Crippen molar-refractivity contribution in [2.45, 2.75) is 44.9 Å². The van der Waals surface area contributed by atoms with E-state index in [0.717, 1.165) is 0 Å². The van der Waals surface area contributed by atoms with Crippen molar-refractivity contribution >= 4 is 26.8 Å². The molecular formula is C11H19ClFNO3S. The monoisotopic (exact) mass is 299 g/mol. The van der Waals surface area contributed by atoms with E-state index in [1.165, 1.54) is 4.90 Å². The van der Waals surface area contributed by atoms with Gasteiger partial charge in [0.15, 0.2) is 0 Å². The first-order valence-corrected chi connectivity index (χ1v) is 7.97. The third-order valence-electron chi connectivity index (χ3n) is 2.68. The Morgan fingerprint density at radius 2 is 1.94 bits per heavy atom. The largest absolute Gasteiger partial charge is 0.444 e. The number of hydrogen-bond donors (Lipinski definition) is 0. The van der Waals surface area contributed by atoms with Gasteiger partial charge in [0.05, 0.1) is 5.75 Å². The molecule has 1 rings (SSSR count). The first-order valence-electron chi connectivity index (χ1n) is 5.83. The molecule has 0 N–H and O–H groups in total. The van der Waals surface area contributed by atoms with E-state index in [9.17, 15) is 13.4 Å². The molecule has 18 heavy (non-hydrogen) atoms. The molecule has 0 spiro atoms. The molecule has 0 aliphatic carbocycles. The smallest absolute Gasteiger partial charge is 0.410 e. The van der Waals surface area contributed by atoms with Crippen molar-refractivity contribution in [3.8, 4) is 0 Å². The van der Waals surface area contributed by atoms with Gasteiger partial charge >= 0.3 is 6.09 Å². The van der Waals surface area contributed by atoms with Crippen LogP contribution in [0.5, 0.6) is 0 Å². The summed E-state index contributed by atoms with van der Waals surface area (Å²) in [5.74, 6) is -0.184. The number of halogens is 2. The Labute approximate surface area is 114 Å². The number of hydrogen-bond acceptors (Lipinski definition) is 3. The van der Waals surface area contributed by atoms with E-state index in [1.807, 2.05) is 0 Å². The van der Waals surface area contributed by atoms with Gasteiger partial charge in [-0.15, -0.1) is 0 Å². The maximum absolute atomic E-state index is 14.1. The average molecular weight is 300 g/mol. The van der Waals surface area contributed by atoms with Crippen molar-refractivity contribution in [2.24, 2.45) is 0 Å². The van der Waals surface area contributed by atoms with Gasteiger partial charge in [-0.2, -0.15) is 0 Å². The Bertz CT molecular complexity index is 338. The minimum absolute atomic E-state index is 0.144. The van der Waals surface area contributed by atoms with Gasteiger partial charge < -0.3 is 9.64 Å². The summed E-state index contributed by atoms with van der Waals surface area (Å²) in [6.07, 6.45) is -0.147. The maximum Gasteiger partial charge on any atom is 0.410 e. The van der Waals surface area contributed by atoms with Crippen molar-refractivity contribution in [2.75, 3.05) is 18.8 Å². The third kappa shape index (κ3) is 5.10. The van der Waals surface area contributed by atoms with Crippen LogP contribution in [0.15, 0.2) is 0 Å². The van der Waals surface area contributed by atoms with Gasteiger partial charge in [-0.05, 0) is 31.5 Å². The summed E-state index contributed by atoms with van der Waals surface area (Å²) in [6.45, 7) is 5.87. The Morgan fingerprint density at radius 3 is 2.33 bits per heavy atom. The number of rotatable bonds is 2. The SMILES string of the molecule is CC(C)(C)OC(=O)N1CCC(F)(CS(=O)Cl)CC1. The minimum Gasteiger partial charge on any atom is -0.444 e. The van der Waals surface area contributed by atoms with Crippen LogP contribution in [0.1, 0.15) is 33.6 Å². The van der Waals surface area contributed by atoms with Gasteiger partial charge in [0, 0.05) is 25.9 Å². The summed E-state index contributed by atoms with van der Waals surface area (Å²) in [4.78, 5) is 13.2. The second kappa shape index (κ2) is 5.74. The lowest BCUT2D eigenvalue weighted by atomic mass is 9.96. The zero-order valence-corrected chi connectivity index (χ0v) is 12.4. The van der Waals surface area contributed by atoms with Crippen LogP contribution >= 0.6 is 10.7 Å². The van der Waals surface area contributed by atoms with Crippen molar-refractivity contribution in [3.05, 3.63) is 0 Å². The highest BCUT2D eigenvalue weighted by Crippen LogP contribution is 2.29. The molecule has 1 aliphatic rings. The first kappa shape index (κ1) is 15.7. The lowest BCUT2D eigenvalue weighted by molar-refractivity contribution is 0.00747. The zero-order valence-electron chi connectivity index (χ0n) is 10.9. The van der Waals surface area contributed by atoms with Crippen LogP contribution in [0.25, 0.3) is 0 Å². The van der Waals surface area contributed by atoms with Crippen molar-refractivity contribution in [3.63, 3.8) is 0 Å². The van der Waals surface area contributed by atoms with E-state index >= 15 is 0 Å². The van der Waals surface area contributed by atoms with Crippen molar-refractivity contribution in [1.82, 2.24) is 4.90 Å². The summed E-state index contributed by atoms with van der Waals surface area (Å²) >= 11 is 0. The number of carbonyl (C=O) groups excluding carboxylic acids is 1. The van der Waals surface area contributed by atoms with E-state index in [-0.39, 0.29) is 31.7 Å². The molecule has 0 aromatic rings. The summed E-state index contributed by atoms with van der Waals surface area (Å²) in [6, 6.07) is 0. The molecule has 1 amide bonds. The Balaban J connectivity index is 2.48. The molecule has 0 aromatic heterocycles. The Kier molecular flexibility index (Phi) is 5.00. The molecule has 1 unspecified atom stereocenters. The van der Waals surface area contributed by atoms with Gasteiger partial charge in [0.2, 0.25) is 0 Å². The van der Waals surface area contributed by atoms with Gasteiger partial charge in [-0.3, -0.25) is 0 Å². The van der Waals surface area contributed by atoms with Crippen LogP contribution in [0.3, 0.4) is 0 Å². The van der Waals surface area contributed by atoms with Gasteiger partial charge in [0.25, 0.3) is 0 Å². The van der Waals surface area contributed by atoms with E-state index in [1.54, 1.807) is 20.8 Å². The van der Waals surface area contributed by atoms with Crippen LogP contribution in [-0.4, -0.2) is 45.3 Å². The molecule has 0 saturated carbocycles. The zero-order chi connectivity index (χ0) is 14.0. The predicted octanol–water partition coefficient (Wildman–Crippen LogP) is 2.63. The van der Waals surface area contributed by atoms with Gasteiger partial charge in [-0.25, -0.2) is 13.4 Å². The van der Waals surface area contributed by atoms with Crippen molar-refractivity contribution in [1.29, 1.82) is 0 Å². The molecule has 0 aromatic carbocycles. The van der Waals surface area contributed by atoms with E-state index in [0.29, 0.717) is 0 Å². The normalized spacial score (nSPS) is 21.5. The van der Waals surface area contributed by atoms with E-state index in [4.69, 9.17) is 15.4 Å². The molecule has 1 aliphatic heterocycles. The Morgan fingerprint density at radius 1 is 1.44 bits per heavy atom. The van der Waals surface area contributed by atoms with Crippen LogP contribution < -0.4 is 0 Å². The Hall–Kier alpha value is -0.360. The fourth-order valence-corrected chi connectivity index (χ4v) is 3.05. The molecule has 1 saturated heterocycles. The standard InChI is InChI=1S/C11H19ClFNO3S/c1-10(2,3)17-9(15)14-6-4-11(13,5-7-14)8-18(12)16/h4-8H2,1-3H3. The number of alkyl halides is 1. The summed E-state index contributed by atoms with van der Waals surface area (Å²) in [7, 11) is 3.64. The lowest BCUT2D eigenvalue weighted by Crippen LogP contribution is -2.48. The van der Waals surface area contributed by atoms with Crippen LogP contribution in [0.4, 0.5) is 9.18 Å². The summed E-state index contributed by atoms with van der Waals surface area (Å²) < 4.78 is 30.2. The minimum atomic E-state index is -1.68. The molecule has 1 heterocycles. The number of ether oxygens (including phenoxy) is 1. The molecule has 1 atom stereocenters. The van der Waals surface area contributed by atoms with Crippen LogP contribution in [0, 0.1) is 0 Å². The number of nitrogens with zero attached hydrogens (tertiary/aromatic N) is 1. The molecule has 7 heteroatoms. The average Bonchev–Trinajstić information content (AvgIpc) is 2.13. The van der Waals surface area contributed by atoms with Crippen molar-refractivity contribution < 1.29 is 18.1 Å². The molecule has 4 nitrogen and oxygen atoms in total. The molecule has 0 radical (unpaired) electrons. The highest BCUT2D eigenvalue weighted by Gasteiger charge is 2.38. The number of likely N-dealkylation sites (tertiary alicyclic amines) is 1. The number of amides is 1. The lowest BCUT2D eigenvalue weighted by Gasteiger charge is -2.36. The molecular weight excluding hydrogens is 281 g/mol. The fraction of sp³-hybridized carbons (Fsp3) is 0.909. The summed E-state index contributed by atoms with van der Waals surface area (Å²) in [5, 5.41) is 0. The first-order chi connectivity index (χ1) is 8.11. The maximum atomic E-state index is 14.1. The fourth-order valence-electron chi connectivity index (χ4n) is 1.76. The van der Waals surface area contributed by atoms with E-state index < -0.39 is 27.4 Å². The van der Waals surface area contributed by atoms with Crippen LogP contribution in [-0.2, 0) is 14.7 Å². The molecule has 0 bridgehead atoms. The highest BCUT2D eigenvalue weighted by molar-refractivity contribution is 8.08. The predicted molar refractivity (Wildman–Crippen MR) is 69.7 cm³/mol. The molecule has 1 fully saturated rings. The summed E-state index contributed by atoms with van der Waals surface area (Å²) in [5.41, 5.74) is -2.09. The number of piperidine rings is 1. The van der Waals surface area contributed by atoms with Gasteiger partial charge in [-0.1, -0.05) is 0 Å².